The summed E-state index contributed by atoms with van der Waals surface area (Å²) in [6, 6.07) is 4.13. The van der Waals surface area contributed by atoms with Crippen LogP contribution in [0.15, 0.2) is 18.2 Å². The second-order valence-corrected chi connectivity index (χ2v) is 4.78. The van der Waals surface area contributed by atoms with Gasteiger partial charge in [-0.2, -0.15) is 0 Å². The Balaban J connectivity index is 3.22. The van der Waals surface area contributed by atoms with Crippen molar-refractivity contribution in [2.24, 2.45) is 0 Å². The fraction of sp³-hybridized carbons (Fsp3) is 0.357. The Morgan fingerprint density at radius 3 is 2.52 bits per heavy atom. The number of aliphatic hydroxyl groups is 1. The third-order valence-electron chi connectivity index (χ3n) is 2.72. The molecule has 0 saturated heterocycles. The van der Waals surface area contributed by atoms with Crippen molar-refractivity contribution in [2.75, 3.05) is 11.9 Å². The molecule has 1 rings (SSSR count). The maximum absolute atomic E-state index is 11.7. The first-order valence-electron chi connectivity index (χ1n) is 6.19. The molecule has 6 nitrogen and oxygen atoms in total. The number of halogens is 1. The highest BCUT2D eigenvalue weighted by atomic mass is 79.9. The molecule has 0 saturated carbocycles. The van der Waals surface area contributed by atoms with Gasteiger partial charge in [0, 0.05) is 6.42 Å². The predicted octanol–water partition coefficient (Wildman–Crippen LogP) is 1.49. The maximum atomic E-state index is 11.7. The van der Waals surface area contributed by atoms with Crippen LogP contribution in [-0.4, -0.2) is 39.9 Å². The number of aliphatic hydroxyl groups excluding tert-OH is 1. The quantitative estimate of drug-likeness (QED) is 0.565. The molecule has 0 aliphatic heterocycles. The molecule has 0 aliphatic carbocycles. The van der Waals surface area contributed by atoms with Gasteiger partial charge in [0.15, 0.2) is 6.10 Å². The lowest BCUT2D eigenvalue weighted by Crippen LogP contribution is -2.16. The number of ketones is 1. The molecule has 1 unspecified atom stereocenters. The molecular formula is C14H15BrO6. The van der Waals surface area contributed by atoms with E-state index >= 15 is 0 Å². The van der Waals surface area contributed by atoms with Crippen LogP contribution in [0.3, 0.4) is 0 Å². The molecule has 0 bridgehead atoms. The van der Waals surface area contributed by atoms with E-state index in [1.165, 1.54) is 18.2 Å². The smallest absolute Gasteiger partial charge is 0.338 e. The van der Waals surface area contributed by atoms with Crippen LogP contribution < -0.4 is 0 Å². The Labute approximate surface area is 129 Å². The maximum Gasteiger partial charge on any atom is 0.338 e. The molecule has 1 aromatic carbocycles. The molecular weight excluding hydrogens is 344 g/mol. The zero-order valence-corrected chi connectivity index (χ0v) is 12.9. The van der Waals surface area contributed by atoms with Gasteiger partial charge in [-0.3, -0.25) is 4.79 Å². The molecule has 114 valence electrons. The van der Waals surface area contributed by atoms with Crippen LogP contribution in [-0.2, 0) is 20.7 Å². The van der Waals surface area contributed by atoms with Crippen molar-refractivity contribution in [3.8, 4) is 0 Å². The van der Waals surface area contributed by atoms with E-state index in [1.807, 2.05) is 0 Å². The predicted molar refractivity (Wildman–Crippen MR) is 77.5 cm³/mol. The van der Waals surface area contributed by atoms with Gasteiger partial charge < -0.3 is 14.9 Å². The Bertz CT molecular complexity index is 554. The number of aliphatic carboxylic acids is 1. The van der Waals surface area contributed by atoms with Crippen molar-refractivity contribution >= 4 is 33.7 Å². The summed E-state index contributed by atoms with van der Waals surface area (Å²) in [5.41, 5.74) is 0.506. The first kappa shape index (κ1) is 17.3. The van der Waals surface area contributed by atoms with E-state index in [1.54, 1.807) is 6.92 Å². The van der Waals surface area contributed by atoms with Gasteiger partial charge >= 0.3 is 11.9 Å². The number of ether oxygens (including phenoxy) is 1. The minimum absolute atomic E-state index is 0.0161. The van der Waals surface area contributed by atoms with Crippen molar-refractivity contribution < 1.29 is 29.3 Å². The van der Waals surface area contributed by atoms with E-state index in [2.05, 4.69) is 15.9 Å². The number of alkyl halides is 1. The summed E-state index contributed by atoms with van der Waals surface area (Å²) in [6.45, 7) is 1.83. The summed E-state index contributed by atoms with van der Waals surface area (Å²) in [5.74, 6) is -2.24. The summed E-state index contributed by atoms with van der Waals surface area (Å²) in [4.78, 5) is 34.1. The first-order valence-corrected chi connectivity index (χ1v) is 7.31. The second-order valence-electron chi connectivity index (χ2n) is 4.22. The molecule has 21 heavy (non-hydrogen) atoms. The van der Waals surface area contributed by atoms with E-state index in [0.29, 0.717) is 5.56 Å². The van der Waals surface area contributed by atoms with Crippen LogP contribution >= 0.6 is 15.9 Å². The van der Waals surface area contributed by atoms with Gasteiger partial charge in [0.2, 0.25) is 0 Å². The molecule has 7 heteroatoms. The van der Waals surface area contributed by atoms with Crippen LogP contribution in [0.1, 0.15) is 34.5 Å². The molecule has 0 amide bonds. The summed E-state index contributed by atoms with van der Waals surface area (Å²) in [5, 5.41) is 18.8. The Morgan fingerprint density at radius 1 is 1.33 bits per heavy atom. The Morgan fingerprint density at radius 2 is 2.00 bits per heavy atom. The molecule has 0 radical (unpaired) electrons. The van der Waals surface area contributed by atoms with Gasteiger partial charge in [0.05, 0.1) is 17.5 Å². The van der Waals surface area contributed by atoms with Crippen LogP contribution in [0.2, 0.25) is 0 Å². The average Bonchev–Trinajstić information content (AvgIpc) is 2.46. The van der Waals surface area contributed by atoms with Crippen molar-refractivity contribution in [2.45, 2.75) is 19.4 Å². The number of carbonyl (C=O) groups excluding carboxylic acids is 2. The number of benzene rings is 1. The minimum Gasteiger partial charge on any atom is -0.479 e. The number of hydrogen-bond acceptors (Lipinski definition) is 5. The monoisotopic (exact) mass is 358 g/mol. The normalized spacial score (nSPS) is 11.8. The van der Waals surface area contributed by atoms with Gasteiger partial charge in [-0.1, -0.05) is 22.0 Å². The molecule has 1 atom stereocenters. The van der Waals surface area contributed by atoms with E-state index in [-0.39, 0.29) is 35.3 Å². The lowest BCUT2D eigenvalue weighted by molar-refractivity contribution is -0.147. The van der Waals surface area contributed by atoms with Gasteiger partial charge in [-0.25, -0.2) is 9.59 Å². The van der Waals surface area contributed by atoms with E-state index in [9.17, 15) is 19.5 Å². The standard InChI is InChI=1S/C14H15BrO6/c1-2-21-14(20)9-4-3-8(5-10(16)7-15)11(6-9)12(17)13(18)19/h3-4,6,12,17H,2,5,7H2,1H3,(H,18,19). The topological polar surface area (TPSA) is 101 Å². The Kier molecular flexibility index (Phi) is 6.51. The van der Waals surface area contributed by atoms with Crippen LogP contribution in [0, 0.1) is 0 Å². The number of carbonyl (C=O) groups is 3. The van der Waals surface area contributed by atoms with Crippen LogP contribution in [0.25, 0.3) is 0 Å². The van der Waals surface area contributed by atoms with Crippen LogP contribution in [0.5, 0.6) is 0 Å². The third-order valence-corrected chi connectivity index (χ3v) is 3.35. The zero-order valence-electron chi connectivity index (χ0n) is 11.3. The second kappa shape index (κ2) is 7.90. The first-order chi connectivity index (χ1) is 9.90. The highest BCUT2D eigenvalue weighted by Gasteiger charge is 2.22. The lowest BCUT2D eigenvalue weighted by atomic mass is 9.96. The van der Waals surface area contributed by atoms with Crippen molar-refractivity contribution in [1.29, 1.82) is 0 Å². The fourth-order valence-corrected chi connectivity index (χ4v) is 1.94. The molecule has 0 aromatic heterocycles. The van der Waals surface area contributed by atoms with Crippen molar-refractivity contribution in [1.82, 2.24) is 0 Å². The van der Waals surface area contributed by atoms with Gasteiger partial charge in [-0.05, 0) is 30.2 Å². The van der Waals surface area contributed by atoms with Crippen LogP contribution in [0.4, 0.5) is 0 Å². The summed E-state index contributed by atoms with van der Waals surface area (Å²) >= 11 is 3.02. The van der Waals surface area contributed by atoms with E-state index in [0.717, 1.165) is 0 Å². The summed E-state index contributed by atoms with van der Waals surface area (Å²) < 4.78 is 4.82. The SMILES string of the molecule is CCOC(=O)c1ccc(CC(=O)CBr)c(C(O)C(=O)O)c1. The number of Topliss-reactive ketones (excluding diaryl/α,β-unsaturated/α-hetero) is 1. The van der Waals surface area contributed by atoms with E-state index < -0.39 is 18.0 Å². The molecule has 0 spiro atoms. The minimum atomic E-state index is -1.81. The largest absolute Gasteiger partial charge is 0.479 e. The molecule has 0 aliphatic rings. The Hall–Kier alpha value is -1.73. The zero-order chi connectivity index (χ0) is 16.0. The van der Waals surface area contributed by atoms with E-state index in [4.69, 9.17) is 9.84 Å². The average molecular weight is 359 g/mol. The fourth-order valence-electron chi connectivity index (χ4n) is 1.74. The molecule has 2 N–H and O–H groups in total. The molecule has 0 fully saturated rings. The highest BCUT2D eigenvalue weighted by molar-refractivity contribution is 9.09. The van der Waals surface area contributed by atoms with Crippen molar-refractivity contribution in [3.05, 3.63) is 34.9 Å². The summed E-state index contributed by atoms with van der Waals surface area (Å²) in [7, 11) is 0. The number of rotatable bonds is 7. The number of esters is 1. The summed E-state index contributed by atoms with van der Waals surface area (Å²) in [6.07, 6.45) is -1.84. The number of carboxylic acid groups (broad SMARTS) is 1. The van der Waals surface area contributed by atoms with Gasteiger partial charge in [-0.15, -0.1) is 0 Å². The van der Waals surface area contributed by atoms with Crippen molar-refractivity contribution in [3.63, 3.8) is 0 Å². The highest BCUT2D eigenvalue weighted by Crippen LogP contribution is 2.22. The third kappa shape index (κ3) is 4.64. The number of carboxylic acids is 1. The lowest BCUT2D eigenvalue weighted by Gasteiger charge is -2.13. The molecule has 1 aromatic rings. The van der Waals surface area contributed by atoms with Gasteiger partial charge in [0.1, 0.15) is 5.78 Å². The molecule has 0 heterocycles. The van der Waals surface area contributed by atoms with Gasteiger partial charge in [0.25, 0.3) is 0 Å². The number of hydrogen-bond donors (Lipinski definition) is 2.